The molecule has 1 heterocycles. The second-order valence-corrected chi connectivity index (χ2v) is 12.3. The van der Waals surface area contributed by atoms with Crippen LogP contribution in [0.1, 0.15) is 18.4 Å². The third-order valence-corrected chi connectivity index (χ3v) is 4.81. The number of piperidine rings is 1. The molecule has 24 heavy (non-hydrogen) atoms. The van der Waals surface area contributed by atoms with Crippen LogP contribution in [0.25, 0.3) is 0 Å². The molecule has 0 N–H and O–H groups in total. The minimum atomic E-state index is -1.51. The van der Waals surface area contributed by atoms with Crippen molar-refractivity contribution in [3.63, 3.8) is 0 Å². The molecule has 130 valence electrons. The van der Waals surface area contributed by atoms with Crippen molar-refractivity contribution >= 4 is 13.8 Å². The van der Waals surface area contributed by atoms with Gasteiger partial charge in [-0.05, 0) is 38.6 Å². The minimum Gasteiger partial charge on any atom is -0.486 e. The average Bonchev–Trinajstić information content (AvgIpc) is 2.50. The highest BCUT2D eigenvalue weighted by atomic mass is 28.3. The van der Waals surface area contributed by atoms with Crippen molar-refractivity contribution in [2.24, 2.45) is 5.92 Å². The summed E-state index contributed by atoms with van der Waals surface area (Å²) in [6.07, 6.45) is 2.26. The smallest absolute Gasteiger partial charge is 0.312 e. The predicted octanol–water partition coefficient (Wildman–Crippen LogP) is 3.54. The van der Waals surface area contributed by atoms with Crippen LogP contribution in [-0.4, -0.2) is 44.6 Å². The Balaban J connectivity index is 2.11. The van der Waals surface area contributed by atoms with E-state index in [1.807, 2.05) is 6.07 Å². The van der Waals surface area contributed by atoms with E-state index in [2.05, 4.69) is 43.1 Å². The first-order valence-electron chi connectivity index (χ1n) is 8.37. The van der Waals surface area contributed by atoms with Crippen LogP contribution in [0.2, 0.25) is 19.6 Å². The molecule has 1 unspecified atom stereocenters. The first kappa shape index (κ1) is 18.5. The standard InChI is InChI=1S/C18H26N2O3Si/c1-19-10-5-6-16(13-19)14-23-18-8-7-15(9-11-24(2,3)4)12-17(18)20(21)22/h7-8,12,16H,5-6,10,13-14H2,1-4H3. The lowest BCUT2D eigenvalue weighted by atomic mass is 9.99. The molecule has 0 aliphatic carbocycles. The molecule has 0 bridgehead atoms. The first-order valence-corrected chi connectivity index (χ1v) is 11.9. The van der Waals surface area contributed by atoms with Gasteiger partial charge in [0.1, 0.15) is 8.07 Å². The molecule has 2 rings (SSSR count). The predicted molar refractivity (Wildman–Crippen MR) is 99.0 cm³/mol. The summed E-state index contributed by atoms with van der Waals surface area (Å²) in [4.78, 5) is 13.2. The van der Waals surface area contributed by atoms with E-state index in [1.54, 1.807) is 6.07 Å². The van der Waals surface area contributed by atoms with Crippen LogP contribution in [0, 0.1) is 27.5 Å². The van der Waals surface area contributed by atoms with Crippen molar-refractivity contribution < 1.29 is 9.66 Å². The van der Waals surface area contributed by atoms with Crippen molar-refractivity contribution in [3.8, 4) is 17.2 Å². The third kappa shape index (κ3) is 5.66. The molecular formula is C18H26N2O3Si. The molecule has 1 aromatic rings. The largest absolute Gasteiger partial charge is 0.486 e. The summed E-state index contributed by atoms with van der Waals surface area (Å²) >= 11 is 0. The van der Waals surface area contributed by atoms with Gasteiger partial charge in [-0.3, -0.25) is 10.1 Å². The van der Waals surface area contributed by atoms with Crippen LogP contribution in [0.3, 0.4) is 0 Å². The summed E-state index contributed by atoms with van der Waals surface area (Å²) in [5, 5.41) is 11.4. The lowest BCUT2D eigenvalue weighted by molar-refractivity contribution is -0.385. The van der Waals surface area contributed by atoms with Crippen molar-refractivity contribution in [1.29, 1.82) is 0 Å². The number of nitro benzene ring substituents is 1. The maximum atomic E-state index is 11.4. The van der Waals surface area contributed by atoms with E-state index in [-0.39, 0.29) is 10.6 Å². The Morgan fingerprint density at radius 2 is 2.17 bits per heavy atom. The Kier molecular flexibility index (Phi) is 6.03. The molecule has 6 heteroatoms. The number of likely N-dealkylation sites (tertiary alicyclic amines) is 1. The Morgan fingerprint density at radius 3 is 2.79 bits per heavy atom. The fraction of sp³-hybridized carbons (Fsp3) is 0.556. The zero-order valence-corrected chi connectivity index (χ0v) is 16.0. The molecule has 1 fully saturated rings. The van der Waals surface area contributed by atoms with Gasteiger partial charge in [0.05, 0.1) is 11.5 Å². The number of hydrogen-bond donors (Lipinski definition) is 0. The zero-order chi connectivity index (χ0) is 17.7. The highest BCUT2D eigenvalue weighted by Crippen LogP contribution is 2.29. The summed E-state index contributed by atoms with van der Waals surface area (Å²) in [6.45, 7) is 9.05. The fourth-order valence-electron chi connectivity index (χ4n) is 2.74. The van der Waals surface area contributed by atoms with Gasteiger partial charge in [0.15, 0.2) is 5.75 Å². The van der Waals surface area contributed by atoms with Crippen LogP contribution < -0.4 is 4.74 Å². The van der Waals surface area contributed by atoms with Crippen molar-refractivity contribution in [2.75, 3.05) is 26.7 Å². The molecule has 0 radical (unpaired) electrons. The first-order chi connectivity index (χ1) is 11.2. The number of nitro groups is 1. The minimum absolute atomic E-state index is 0.00143. The number of nitrogens with zero attached hydrogens (tertiary/aromatic N) is 2. The van der Waals surface area contributed by atoms with Crippen LogP contribution in [0.15, 0.2) is 18.2 Å². The topological polar surface area (TPSA) is 55.6 Å². The summed E-state index contributed by atoms with van der Waals surface area (Å²) in [5.41, 5.74) is 3.91. The second-order valence-electron chi connectivity index (χ2n) is 7.52. The van der Waals surface area contributed by atoms with E-state index in [4.69, 9.17) is 4.74 Å². The summed E-state index contributed by atoms with van der Waals surface area (Å²) in [5.74, 6) is 3.83. The van der Waals surface area contributed by atoms with E-state index >= 15 is 0 Å². The normalized spacial score (nSPS) is 18.6. The zero-order valence-electron chi connectivity index (χ0n) is 15.0. The van der Waals surface area contributed by atoms with Gasteiger partial charge in [0.25, 0.3) is 0 Å². The molecule has 0 saturated carbocycles. The van der Waals surface area contributed by atoms with Crippen molar-refractivity contribution in [1.82, 2.24) is 4.90 Å². The Morgan fingerprint density at radius 1 is 1.42 bits per heavy atom. The van der Waals surface area contributed by atoms with Gasteiger partial charge in [0.2, 0.25) is 0 Å². The van der Waals surface area contributed by atoms with Gasteiger partial charge >= 0.3 is 5.69 Å². The molecule has 0 spiro atoms. The highest BCUT2D eigenvalue weighted by molar-refractivity contribution is 6.83. The highest BCUT2D eigenvalue weighted by Gasteiger charge is 2.21. The quantitative estimate of drug-likeness (QED) is 0.362. The van der Waals surface area contributed by atoms with Gasteiger partial charge < -0.3 is 9.64 Å². The molecule has 1 aliphatic heterocycles. The molecule has 1 atom stereocenters. The number of ether oxygens (including phenoxy) is 1. The molecule has 1 aromatic carbocycles. The molecule has 0 amide bonds. The third-order valence-electron chi connectivity index (χ3n) is 3.93. The van der Waals surface area contributed by atoms with E-state index in [9.17, 15) is 10.1 Å². The van der Waals surface area contributed by atoms with E-state index in [0.717, 1.165) is 25.9 Å². The fourth-order valence-corrected chi connectivity index (χ4v) is 3.26. The number of benzene rings is 1. The van der Waals surface area contributed by atoms with E-state index in [1.165, 1.54) is 6.07 Å². The van der Waals surface area contributed by atoms with Gasteiger partial charge in [0, 0.05) is 24.1 Å². The molecule has 1 saturated heterocycles. The molecule has 1 aliphatic rings. The van der Waals surface area contributed by atoms with Crippen molar-refractivity contribution in [3.05, 3.63) is 33.9 Å². The van der Waals surface area contributed by atoms with Crippen LogP contribution in [-0.2, 0) is 0 Å². The Bertz CT molecular complexity index is 658. The van der Waals surface area contributed by atoms with Gasteiger partial charge in [-0.25, -0.2) is 0 Å². The molecule has 0 aromatic heterocycles. The second kappa shape index (κ2) is 7.82. The average molecular weight is 347 g/mol. The summed E-state index contributed by atoms with van der Waals surface area (Å²) in [6, 6.07) is 5.01. The number of hydrogen-bond acceptors (Lipinski definition) is 4. The maximum Gasteiger partial charge on any atom is 0.312 e. The van der Waals surface area contributed by atoms with Crippen molar-refractivity contribution in [2.45, 2.75) is 32.5 Å². The van der Waals surface area contributed by atoms with Gasteiger partial charge in [-0.15, -0.1) is 5.54 Å². The number of rotatable bonds is 4. The van der Waals surface area contributed by atoms with Gasteiger partial charge in [-0.2, -0.15) is 0 Å². The Hall–Kier alpha value is -1.84. The lowest BCUT2D eigenvalue weighted by Crippen LogP contribution is -2.34. The SMILES string of the molecule is CN1CCCC(COc2ccc(C#C[Si](C)(C)C)cc2[N+](=O)[O-])C1. The lowest BCUT2D eigenvalue weighted by Gasteiger charge is -2.29. The van der Waals surface area contributed by atoms with E-state index < -0.39 is 8.07 Å². The van der Waals surface area contributed by atoms with E-state index in [0.29, 0.717) is 23.8 Å². The Labute approximate surface area is 145 Å². The summed E-state index contributed by atoms with van der Waals surface area (Å²) < 4.78 is 5.78. The molecule has 5 nitrogen and oxygen atoms in total. The monoisotopic (exact) mass is 346 g/mol. The van der Waals surface area contributed by atoms with Crippen LogP contribution in [0.4, 0.5) is 5.69 Å². The summed E-state index contributed by atoms with van der Waals surface area (Å²) in [7, 11) is 0.588. The maximum absolute atomic E-state index is 11.4. The van der Waals surface area contributed by atoms with Gasteiger partial charge in [-0.1, -0.05) is 25.6 Å². The van der Waals surface area contributed by atoms with Crippen LogP contribution >= 0.6 is 0 Å². The van der Waals surface area contributed by atoms with Crippen LogP contribution in [0.5, 0.6) is 5.75 Å². The molecular weight excluding hydrogens is 320 g/mol.